The summed E-state index contributed by atoms with van der Waals surface area (Å²) in [6.45, 7) is 0. The first-order valence-electron chi connectivity index (χ1n) is 17.2. The molecule has 0 saturated heterocycles. The highest BCUT2D eigenvalue weighted by Gasteiger charge is 2.18. The maximum atomic E-state index is 6.38. The third-order valence-corrected chi connectivity index (χ3v) is 9.88. The summed E-state index contributed by atoms with van der Waals surface area (Å²) in [7, 11) is 0. The molecule has 0 aliphatic heterocycles. The number of anilines is 3. The minimum absolute atomic E-state index is 0.860. The average Bonchev–Trinajstić information content (AvgIpc) is 3.77. The lowest BCUT2D eigenvalue weighted by atomic mass is 9.99. The van der Waals surface area contributed by atoms with Crippen LogP contribution in [0.4, 0.5) is 17.1 Å². The lowest BCUT2D eigenvalue weighted by Gasteiger charge is -2.26. The Morgan fingerprint density at radius 3 is 1.35 bits per heavy atom. The lowest BCUT2D eigenvalue weighted by molar-refractivity contribution is 0.663. The average molecular weight is 654 g/mol. The van der Waals surface area contributed by atoms with Crippen LogP contribution >= 0.6 is 0 Å². The van der Waals surface area contributed by atoms with Gasteiger partial charge in [-0.1, -0.05) is 121 Å². The van der Waals surface area contributed by atoms with Gasteiger partial charge in [-0.3, -0.25) is 0 Å². The van der Waals surface area contributed by atoms with E-state index in [2.05, 4.69) is 169 Å². The highest BCUT2D eigenvalue weighted by Crippen LogP contribution is 2.42. The van der Waals surface area contributed by atoms with E-state index in [1.165, 1.54) is 22.3 Å². The van der Waals surface area contributed by atoms with Crippen LogP contribution in [0, 0.1) is 0 Å². The molecule has 3 nitrogen and oxygen atoms in total. The van der Waals surface area contributed by atoms with Crippen molar-refractivity contribution in [2.45, 2.75) is 0 Å². The van der Waals surface area contributed by atoms with E-state index in [4.69, 9.17) is 8.83 Å². The molecule has 0 unspecified atom stereocenters. The van der Waals surface area contributed by atoms with Crippen LogP contribution in [0.2, 0.25) is 0 Å². The highest BCUT2D eigenvalue weighted by molar-refractivity contribution is 6.26. The van der Waals surface area contributed by atoms with Gasteiger partial charge in [-0.25, -0.2) is 0 Å². The quantitative estimate of drug-likeness (QED) is 0.179. The van der Waals surface area contributed by atoms with E-state index in [1.54, 1.807) is 0 Å². The maximum Gasteiger partial charge on any atom is 0.136 e. The second-order valence-corrected chi connectivity index (χ2v) is 12.9. The van der Waals surface area contributed by atoms with Crippen molar-refractivity contribution in [3.8, 4) is 33.4 Å². The largest absolute Gasteiger partial charge is 0.456 e. The van der Waals surface area contributed by atoms with Gasteiger partial charge < -0.3 is 13.7 Å². The van der Waals surface area contributed by atoms with Crippen LogP contribution in [0.5, 0.6) is 0 Å². The molecule has 0 N–H and O–H groups in total. The van der Waals surface area contributed by atoms with Crippen molar-refractivity contribution < 1.29 is 8.83 Å². The van der Waals surface area contributed by atoms with Gasteiger partial charge in [-0.05, 0) is 100 Å². The van der Waals surface area contributed by atoms with Gasteiger partial charge in [0.2, 0.25) is 0 Å². The number of para-hydroxylation sites is 1. The second-order valence-electron chi connectivity index (χ2n) is 12.9. The number of fused-ring (bicyclic) bond motifs is 7. The topological polar surface area (TPSA) is 29.5 Å². The zero-order valence-electron chi connectivity index (χ0n) is 27.7. The Bertz CT molecular complexity index is 2750. The highest BCUT2D eigenvalue weighted by atomic mass is 16.3. The van der Waals surface area contributed by atoms with Crippen molar-refractivity contribution in [2.75, 3.05) is 4.90 Å². The van der Waals surface area contributed by atoms with Crippen molar-refractivity contribution in [3.63, 3.8) is 0 Å². The summed E-state index contributed by atoms with van der Waals surface area (Å²) in [6, 6.07) is 66.3. The molecule has 3 heteroatoms. The summed E-state index contributed by atoms with van der Waals surface area (Å²) in [5.41, 5.74) is 13.7. The Morgan fingerprint density at radius 1 is 0.275 bits per heavy atom. The Labute approximate surface area is 295 Å². The van der Waals surface area contributed by atoms with Crippen molar-refractivity contribution in [3.05, 3.63) is 188 Å². The van der Waals surface area contributed by atoms with E-state index in [1.807, 2.05) is 24.3 Å². The van der Waals surface area contributed by atoms with E-state index in [0.29, 0.717) is 0 Å². The van der Waals surface area contributed by atoms with Crippen LogP contribution in [0.1, 0.15) is 0 Å². The molecule has 0 atom stereocenters. The summed E-state index contributed by atoms with van der Waals surface area (Å²) in [4.78, 5) is 2.33. The zero-order valence-corrected chi connectivity index (χ0v) is 27.7. The molecule has 51 heavy (non-hydrogen) atoms. The summed E-state index contributed by atoms with van der Waals surface area (Å²) in [5.74, 6) is 0. The molecule has 0 aliphatic carbocycles. The maximum absolute atomic E-state index is 6.38. The van der Waals surface area contributed by atoms with Crippen LogP contribution in [0.15, 0.2) is 197 Å². The van der Waals surface area contributed by atoms with Gasteiger partial charge in [0.15, 0.2) is 0 Å². The van der Waals surface area contributed by atoms with Crippen molar-refractivity contribution >= 4 is 60.9 Å². The SMILES string of the molecule is c1ccc(-c2ccc(N(c3ccc(-c4ccccc4)cc3)c3cccc(-c4ccc5oc6ccc7oc8ccccc8c7c6c5c4)c3)cc2)cc1. The van der Waals surface area contributed by atoms with Crippen LogP contribution in [-0.2, 0) is 0 Å². The summed E-state index contributed by atoms with van der Waals surface area (Å²) in [5, 5.41) is 4.36. The van der Waals surface area contributed by atoms with E-state index >= 15 is 0 Å². The zero-order chi connectivity index (χ0) is 33.7. The first kappa shape index (κ1) is 29.1. The van der Waals surface area contributed by atoms with Crippen molar-refractivity contribution in [1.82, 2.24) is 0 Å². The minimum Gasteiger partial charge on any atom is -0.456 e. The number of rotatable bonds is 6. The minimum atomic E-state index is 0.860. The van der Waals surface area contributed by atoms with Gasteiger partial charge >= 0.3 is 0 Å². The van der Waals surface area contributed by atoms with Crippen LogP contribution < -0.4 is 4.90 Å². The molecule has 0 fully saturated rings. The number of nitrogens with zero attached hydrogens (tertiary/aromatic N) is 1. The molecule has 0 radical (unpaired) electrons. The molecule has 0 saturated carbocycles. The fourth-order valence-corrected chi connectivity index (χ4v) is 7.40. The summed E-state index contributed by atoms with van der Waals surface area (Å²) < 4.78 is 12.6. The van der Waals surface area contributed by atoms with Crippen LogP contribution in [0.25, 0.3) is 77.3 Å². The van der Waals surface area contributed by atoms with Gasteiger partial charge in [-0.15, -0.1) is 0 Å². The standard InChI is InChI=1S/C48H31NO2/c1-3-10-32(11-4-1)34-18-23-38(24-19-34)49(39-25-20-35(21-26-39)33-12-5-2-6-13-33)40-15-9-14-36(30-40)37-22-27-44-42(31-37)48-46(51-44)29-28-45-47(48)41-16-7-8-17-43(41)50-45/h1-31H. The molecule has 0 spiro atoms. The lowest BCUT2D eigenvalue weighted by Crippen LogP contribution is -2.10. The predicted molar refractivity (Wildman–Crippen MR) is 212 cm³/mol. The molecule has 0 aliphatic rings. The molecule has 10 rings (SSSR count). The third kappa shape index (κ3) is 5.06. The Hall–Kier alpha value is -6.84. The molecular formula is C48H31NO2. The number of benzene rings is 8. The van der Waals surface area contributed by atoms with Crippen molar-refractivity contribution in [2.24, 2.45) is 0 Å². The number of hydrogen-bond donors (Lipinski definition) is 0. The molecule has 0 amide bonds. The Balaban J connectivity index is 1.10. The summed E-state index contributed by atoms with van der Waals surface area (Å²) in [6.07, 6.45) is 0. The monoisotopic (exact) mass is 653 g/mol. The summed E-state index contributed by atoms with van der Waals surface area (Å²) >= 11 is 0. The van der Waals surface area contributed by atoms with Gasteiger partial charge in [-0.2, -0.15) is 0 Å². The molecule has 10 aromatic rings. The first-order valence-corrected chi connectivity index (χ1v) is 17.2. The predicted octanol–water partition coefficient (Wildman–Crippen LogP) is 14.0. The molecule has 2 aromatic heterocycles. The molecule has 240 valence electrons. The normalized spacial score (nSPS) is 11.5. The number of hydrogen-bond acceptors (Lipinski definition) is 3. The van der Waals surface area contributed by atoms with E-state index < -0.39 is 0 Å². The van der Waals surface area contributed by atoms with Gasteiger partial charge in [0.05, 0.1) is 0 Å². The molecule has 8 aromatic carbocycles. The molecule has 0 bridgehead atoms. The van der Waals surface area contributed by atoms with Crippen LogP contribution in [-0.4, -0.2) is 0 Å². The van der Waals surface area contributed by atoms with Gasteiger partial charge in [0, 0.05) is 38.6 Å². The van der Waals surface area contributed by atoms with E-state index in [-0.39, 0.29) is 0 Å². The van der Waals surface area contributed by atoms with Crippen molar-refractivity contribution in [1.29, 1.82) is 0 Å². The van der Waals surface area contributed by atoms with E-state index in [9.17, 15) is 0 Å². The fraction of sp³-hybridized carbons (Fsp3) is 0. The molecular weight excluding hydrogens is 623 g/mol. The number of furan rings is 2. The second kappa shape index (κ2) is 11.9. The molecule has 2 heterocycles. The van der Waals surface area contributed by atoms with Gasteiger partial charge in [0.1, 0.15) is 22.3 Å². The fourth-order valence-electron chi connectivity index (χ4n) is 7.40. The smallest absolute Gasteiger partial charge is 0.136 e. The van der Waals surface area contributed by atoms with Crippen LogP contribution in [0.3, 0.4) is 0 Å². The van der Waals surface area contributed by atoms with E-state index in [0.717, 1.165) is 72.1 Å². The third-order valence-electron chi connectivity index (χ3n) is 9.88. The Kier molecular flexibility index (Phi) is 6.81. The van der Waals surface area contributed by atoms with Gasteiger partial charge in [0.25, 0.3) is 0 Å². The first-order chi connectivity index (χ1) is 25.3. The Morgan fingerprint density at radius 2 is 0.725 bits per heavy atom.